The van der Waals surface area contributed by atoms with Gasteiger partial charge in [-0.15, -0.1) is 0 Å². The van der Waals surface area contributed by atoms with Crippen LogP contribution in [0.15, 0.2) is 42.5 Å². The summed E-state index contributed by atoms with van der Waals surface area (Å²) in [4.78, 5) is 14.7. The van der Waals surface area contributed by atoms with E-state index in [2.05, 4.69) is 10.2 Å². The highest BCUT2D eigenvalue weighted by Gasteiger charge is 2.21. The number of sulfonamides is 1. The summed E-state index contributed by atoms with van der Waals surface area (Å²) >= 11 is 12.4. The van der Waals surface area contributed by atoms with Gasteiger partial charge in [0.2, 0.25) is 10.0 Å². The van der Waals surface area contributed by atoms with E-state index in [1.54, 1.807) is 42.5 Å². The van der Waals surface area contributed by atoms with Gasteiger partial charge in [-0.1, -0.05) is 29.3 Å². The van der Waals surface area contributed by atoms with Crippen LogP contribution in [0.3, 0.4) is 0 Å². The Kier molecular flexibility index (Phi) is 8.18. The van der Waals surface area contributed by atoms with Gasteiger partial charge in [0.15, 0.2) is 0 Å². The molecule has 1 N–H and O–H groups in total. The quantitative estimate of drug-likeness (QED) is 0.621. The third kappa shape index (κ3) is 6.57. The van der Waals surface area contributed by atoms with Crippen LogP contribution in [0.25, 0.3) is 0 Å². The van der Waals surface area contributed by atoms with Crippen LogP contribution in [0.2, 0.25) is 10.0 Å². The molecule has 2 aromatic carbocycles. The Morgan fingerprint density at radius 1 is 1.10 bits per heavy atom. The third-order valence-electron chi connectivity index (χ3n) is 5.00. The molecule has 1 aliphatic heterocycles. The van der Waals surface area contributed by atoms with Crippen molar-refractivity contribution in [3.63, 3.8) is 0 Å². The van der Waals surface area contributed by atoms with E-state index in [1.807, 2.05) is 0 Å². The number of amides is 1. The maximum atomic E-state index is 12.4. The standard InChI is InChI=1S/C21H25Cl2N3O4S/c1-31(28,29)26(15-18-19(22)3-2-4-20(18)23)17-7-5-16(6-8-17)21(27)24-9-10-25-11-13-30-14-12-25/h2-8H,9-15H2,1H3,(H,24,27). The van der Waals surface area contributed by atoms with Gasteiger partial charge in [-0.2, -0.15) is 0 Å². The van der Waals surface area contributed by atoms with E-state index in [0.717, 1.165) is 25.9 Å². The summed E-state index contributed by atoms with van der Waals surface area (Å²) in [6, 6.07) is 11.4. The molecule has 0 radical (unpaired) electrons. The van der Waals surface area contributed by atoms with E-state index in [1.165, 1.54) is 4.31 Å². The van der Waals surface area contributed by atoms with Crippen LogP contribution < -0.4 is 9.62 Å². The fraction of sp³-hybridized carbons (Fsp3) is 0.381. The maximum Gasteiger partial charge on any atom is 0.251 e. The minimum absolute atomic E-state index is 0.0115. The van der Waals surface area contributed by atoms with Crippen molar-refractivity contribution in [1.29, 1.82) is 0 Å². The van der Waals surface area contributed by atoms with Gasteiger partial charge in [-0.25, -0.2) is 8.42 Å². The van der Waals surface area contributed by atoms with Crippen LogP contribution in [-0.2, 0) is 21.3 Å². The van der Waals surface area contributed by atoms with E-state index in [9.17, 15) is 13.2 Å². The minimum Gasteiger partial charge on any atom is -0.379 e. The summed E-state index contributed by atoms with van der Waals surface area (Å²) in [6.07, 6.45) is 1.12. The zero-order valence-corrected chi connectivity index (χ0v) is 19.5. The molecule has 0 bridgehead atoms. The molecule has 7 nitrogen and oxygen atoms in total. The second-order valence-corrected chi connectivity index (χ2v) is 9.95. The Bertz CT molecular complexity index is 990. The number of nitrogens with one attached hydrogen (secondary N) is 1. The van der Waals surface area contributed by atoms with Gasteiger partial charge >= 0.3 is 0 Å². The van der Waals surface area contributed by atoms with Crippen LogP contribution in [0.4, 0.5) is 5.69 Å². The second kappa shape index (κ2) is 10.7. The number of nitrogens with zero attached hydrogens (tertiary/aromatic N) is 2. The average molecular weight is 486 g/mol. The molecule has 168 valence electrons. The van der Waals surface area contributed by atoms with Crippen LogP contribution in [0, 0.1) is 0 Å². The van der Waals surface area contributed by atoms with Crippen molar-refractivity contribution in [2.45, 2.75) is 6.54 Å². The third-order valence-corrected chi connectivity index (χ3v) is 6.85. The van der Waals surface area contributed by atoms with E-state index in [-0.39, 0.29) is 12.5 Å². The van der Waals surface area contributed by atoms with Gasteiger partial charge in [0.1, 0.15) is 0 Å². The molecule has 0 aliphatic carbocycles. The summed E-state index contributed by atoms with van der Waals surface area (Å²) in [6.45, 7) is 4.43. The van der Waals surface area contributed by atoms with E-state index < -0.39 is 10.0 Å². The Balaban J connectivity index is 1.67. The number of carbonyl (C=O) groups excluding carboxylic acids is 1. The first kappa shape index (κ1) is 23.8. The van der Waals surface area contributed by atoms with Gasteiger partial charge < -0.3 is 10.1 Å². The highest BCUT2D eigenvalue weighted by atomic mass is 35.5. The maximum absolute atomic E-state index is 12.4. The molecule has 10 heteroatoms. The average Bonchev–Trinajstić information content (AvgIpc) is 2.73. The molecule has 1 fully saturated rings. The Hall–Kier alpha value is -1.84. The molecule has 0 spiro atoms. The Labute approximate surface area is 192 Å². The lowest BCUT2D eigenvalue weighted by atomic mass is 10.1. The Morgan fingerprint density at radius 3 is 2.29 bits per heavy atom. The summed E-state index contributed by atoms with van der Waals surface area (Å²) < 4.78 is 31.4. The van der Waals surface area contributed by atoms with Crippen molar-refractivity contribution < 1.29 is 17.9 Å². The first-order valence-corrected chi connectivity index (χ1v) is 12.4. The number of morpholine rings is 1. The number of rotatable bonds is 8. The van der Waals surface area contributed by atoms with Crippen molar-refractivity contribution >= 4 is 44.8 Å². The molecule has 1 saturated heterocycles. The summed E-state index contributed by atoms with van der Waals surface area (Å²) in [5.74, 6) is -0.208. The second-order valence-electron chi connectivity index (χ2n) is 7.23. The lowest BCUT2D eigenvalue weighted by molar-refractivity contribution is 0.0383. The van der Waals surface area contributed by atoms with Crippen LogP contribution in [0.1, 0.15) is 15.9 Å². The number of hydrogen-bond acceptors (Lipinski definition) is 5. The van der Waals surface area contributed by atoms with Crippen molar-refractivity contribution in [3.8, 4) is 0 Å². The summed E-state index contributed by atoms with van der Waals surface area (Å²) in [5.41, 5.74) is 1.39. The molecule has 31 heavy (non-hydrogen) atoms. The lowest BCUT2D eigenvalue weighted by Crippen LogP contribution is -2.41. The van der Waals surface area contributed by atoms with Crippen molar-refractivity contribution in [2.75, 3.05) is 50.0 Å². The van der Waals surface area contributed by atoms with E-state index in [0.29, 0.717) is 46.6 Å². The molecule has 3 rings (SSSR count). The molecular formula is C21H25Cl2N3O4S. The predicted octanol–water partition coefficient (Wildman–Crippen LogP) is 3.02. The number of ether oxygens (including phenoxy) is 1. The van der Waals surface area contributed by atoms with Crippen LogP contribution in [-0.4, -0.2) is 64.9 Å². The molecule has 1 heterocycles. The molecule has 0 saturated carbocycles. The molecule has 0 aromatic heterocycles. The smallest absolute Gasteiger partial charge is 0.251 e. The van der Waals surface area contributed by atoms with Gasteiger partial charge in [-0.05, 0) is 36.4 Å². The van der Waals surface area contributed by atoms with Crippen LogP contribution in [0.5, 0.6) is 0 Å². The first-order valence-electron chi connectivity index (χ1n) is 9.84. The zero-order valence-electron chi connectivity index (χ0n) is 17.2. The predicted molar refractivity (Wildman–Crippen MR) is 124 cm³/mol. The SMILES string of the molecule is CS(=O)(=O)N(Cc1c(Cl)cccc1Cl)c1ccc(C(=O)NCCN2CCOCC2)cc1. The number of carbonyl (C=O) groups is 1. The van der Waals surface area contributed by atoms with Gasteiger partial charge in [-0.3, -0.25) is 14.0 Å². The number of hydrogen-bond donors (Lipinski definition) is 1. The van der Waals surface area contributed by atoms with E-state index in [4.69, 9.17) is 27.9 Å². The van der Waals surface area contributed by atoms with E-state index >= 15 is 0 Å². The highest BCUT2D eigenvalue weighted by Crippen LogP contribution is 2.29. The molecule has 2 aromatic rings. The lowest BCUT2D eigenvalue weighted by Gasteiger charge is -2.26. The first-order chi connectivity index (χ1) is 14.8. The van der Waals surface area contributed by atoms with Gasteiger partial charge in [0, 0.05) is 47.4 Å². The number of benzene rings is 2. The molecule has 1 aliphatic rings. The monoisotopic (exact) mass is 485 g/mol. The molecule has 1 amide bonds. The number of anilines is 1. The Morgan fingerprint density at radius 2 is 1.71 bits per heavy atom. The van der Waals surface area contributed by atoms with Crippen molar-refractivity contribution in [1.82, 2.24) is 10.2 Å². The molecule has 0 atom stereocenters. The summed E-state index contributed by atoms with van der Waals surface area (Å²) in [7, 11) is -3.61. The summed E-state index contributed by atoms with van der Waals surface area (Å²) in [5, 5.41) is 3.66. The van der Waals surface area contributed by atoms with Gasteiger partial charge in [0.05, 0.1) is 31.7 Å². The molecular weight excluding hydrogens is 461 g/mol. The minimum atomic E-state index is -3.61. The van der Waals surface area contributed by atoms with Crippen molar-refractivity contribution in [3.05, 3.63) is 63.6 Å². The van der Waals surface area contributed by atoms with Crippen LogP contribution >= 0.6 is 23.2 Å². The topological polar surface area (TPSA) is 79.0 Å². The number of halogens is 2. The van der Waals surface area contributed by atoms with Gasteiger partial charge in [0.25, 0.3) is 5.91 Å². The molecule has 0 unspecified atom stereocenters. The fourth-order valence-electron chi connectivity index (χ4n) is 3.26. The van der Waals surface area contributed by atoms with Crippen molar-refractivity contribution in [2.24, 2.45) is 0 Å². The fourth-order valence-corrected chi connectivity index (χ4v) is 4.65. The zero-order chi connectivity index (χ0) is 22.4. The largest absolute Gasteiger partial charge is 0.379 e. The highest BCUT2D eigenvalue weighted by molar-refractivity contribution is 7.92. The normalized spacial score (nSPS) is 14.9.